The third-order valence-corrected chi connectivity index (χ3v) is 11.2. The normalized spacial score (nSPS) is 26.1. The Labute approximate surface area is 346 Å². The molecule has 3 aliphatic heterocycles. The van der Waals surface area contributed by atoms with E-state index in [1.54, 1.807) is 61.5 Å². The number of nitrogens with one attached hydrogen (secondary N) is 3. The highest BCUT2D eigenvalue weighted by molar-refractivity contribution is 6.01. The minimum absolute atomic E-state index is 0.0410. The van der Waals surface area contributed by atoms with Crippen LogP contribution in [0.25, 0.3) is 0 Å². The van der Waals surface area contributed by atoms with Crippen LogP contribution in [0.5, 0.6) is 5.75 Å². The lowest BCUT2D eigenvalue weighted by Crippen LogP contribution is -2.61. The minimum atomic E-state index is -1.68. The van der Waals surface area contributed by atoms with Gasteiger partial charge < -0.3 is 40.5 Å². The van der Waals surface area contributed by atoms with Crippen LogP contribution in [-0.2, 0) is 44.7 Å². The van der Waals surface area contributed by atoms with Gasteiger partial charge in [0.15, 0.2) is 11.7 Å². The van der Waals surface area contributed by atoms with Gasteiger partial charge in [0.1, 0.15) is 47.8 Å². The number of piperidine rings is 1. The van der Waals surface area contributed by atoms with Crippen LogP contribution in [0.3, 0.4) is 0 Å². The van der Waals surface area contributed by atoms with Gasteiger partial charge in [-0.15, -0.1) is 0 Å². The molecule has 60 heavy (non-hydrogen) atoms. The number of aromatic nitrogens is 1. The zero-order valence-corrected chi connectivity index (χ0v) is 33.6. The van der Waals surface area contributed by atoms with E-state index in [0.29, 0.717) is 6.42 Å². The van der Waals surface area contributed by atoms with Gasteiger partial charge in [-0.05, 0) is 49.4 Å². The lowest BCUT2D eigenvalue weighted by molar-refractivity contribution is -0.156. The molecule has 2 aromatic carbocycles. The number of cyclic esters (lactones) is 1. The lowest BCUT2D eigenvalue weighted by atomic mass is 9.95. The number of hydrogen-bond donors (Lipinski definition) is 4. The first kappa shape index (κ1) is 42.9. The van der Waals surface area contributed by atoms with Crippen molar-refractivity contribution >= 4 is 47.2 Å². The number of carbonyl (C=O) groups is 8. The fraction of sp³-hybridized carbons (Fsp3) is 0.419. The second-order valence-electron chi connectivity index (χ2n) is 15.2. The molecule has 6 amide bonds. The van der Waals surface area contributed by atoms with E-state index in [0.717, 1.165) is 5.56 Å². The summed E-state index contributed by atoms with van der Waals surface area (Å²) in [7, 11) is 1.47. The number of fused-ring (bicyclic) bond motifs is 2. The first-order chi connectivity index (χ1) is 28.8. The van der Waals surface area contributed by atoms with E-state index < -0.39 is 95.2 Å². The molecule has 0 unspecified atom stereocenters. The molecule has 17 nitrogen and oxygen atoms in total. The van der Waals surface area contributed by atoms with Crippen LogP contribution in [0.2, 0.25) is 0 Å². The topological polar surface area (TPSA) is 225 Å². The van der Waals surface area contributed by atoms with Crippen LogP contribution in [0.1, 0.15) is 73.6 Å². The maximum absolute atomic E-state index is 14.8. The second-order valence-corrected chi connectivity index (χ2v) is 15.2. The average molecular weight is 824 g/mol. The summed E-state index contributed by atoms with van der Waals surface area (Å²) in [5.74, 6) is -6.30. The number of ether oxygens (including phenoxy) is 1. The standard InChI is InChI=1S/C43H49N7O10/c1-4-29-40(56)49-21-12-17-30(49)41(57)48(3)32(23-26-13-7-5-8-14-26)42(58)50-22-19-28(51)24-31(50)37(53)47-35(27-15-9-6-10-16-27)43(59)60-25(2)34(38(54)45-29)46-39(55)36-33(52)18-11-20-44-36/h5-11,13-16,18,20,25,29-32,34-35,52H,4,12,17,19,21-24H2,1-3H3,(H,45,54)(H,46,55)(H,47,53)/t25-,29+,30-,31+,32+,34-,35+/m0/s1. The molecule has 3 aromatic rings. The van der Waals surface area contributed by atoms with Crippen LogP contribution in [0, 0.1) is 0 Å². The molecular weight excluding hydrogens is 775 g/mol. The van der Waals surface area contributed by atoms with E-state index in [2.05, 4.69) is 20.9 Å². The first-order valence-electron chi connectivity index (χ1n) is 20.0. The average Bonchev–Trinajstić information content (AvgIpc) is 3.75. The predicted molar refractivity (Wildman–Crippen MR) is 213 cm³/mol. The number of aromatic hydroxyl groups is 1. The molecule has 3 fully saturated rings. The van der Waals surface area contributed by atoms with Crippen molar-refractivity contribution in [2.45, 2.75) is 94.7 Å². The summed E-state index contributed by atoms with van der Waals surface area (Å²) in [4.78, 5) is 121. The number of pyridine rings is 1. The quantitative estimate of drug-likeness (QED) is 0.259. The lowest BCUT2D eigenvalue weighted by Gasteiger charge is -2.40. The zero-order valence-electron chi connectivity index (χ0n) is 33.6. The van der Waals surface area contributed by atoms with Gasteiger partial charge in [-0.1, -0.05) is 67.6 Å². The number of rotatable bonds is 6. The zero-order chi connectivity index (χ0) is 43.1. The molecule has 1 aromatic heterocycles. The van der Waals surface area contributed by atoms with E-state index in [9.17, 15) is 43.5 Å². The van der Waals surface area contributed by atoms with Crippen molar-refractivity contribution in [3.05, 3.63) is 95.8 Å². The molecule has 4 heterocycles. The monoisotopic (exact) mass is 823 g/mol. The van der Waals surface area contributed by atoms with Crippen LogP contribution in [0.4, 0.5) is 0 Å². The van der Waals surface area contributed by atoms with Crippen molar-refractivity contribution in [2.24, 2.45) is 0 Å². The van der Waals surface area contributed by atoms with Crippen molar-refractivity contribution < 1.29 is 48.2 Å². The van der Waals surface area contributed by atoms with Crippen molar-refractivity contribution in [1.29, 1.82) is 0 Å². The maximum Gasteiger partial charge on any atom is 0.333 e. The van der Waals surface area contributed by atoms with Gasteiger partial charge in [0, 0.05) is 45.6 Å². The molecule has 0 aliphatic carbocycles. The largest absolute Gasteiger partial charge is 0.505 e. The summed E-state index contributed by atoms with van der Waals surface area (Å²) >= 11 is 0. The number of esters is 1. The highest BCUT2D eigenvalue weighted by Gasteiger charge is 2.45. The van der Waals surface area contributed by atoms with E-state index in [-0.39, 0.29) is 56.5 Å². The van der Waals surface area contributed by atoms with Gasteiger partial charge in [0.05, 0.1) is 0 Å². The highest BCUT2D eigenvalue weighted by atomic mass is 16.5. The number of hydrogen-bond acceptors (Lipinski definition) is 11. The molecule has 0 bridgehead atoms. The van der Waals surface area contributed by atoms with E-state index in [4.69, 9.17) is 4.74 Å². The van der Waals surface area contributed by atoms with Gasteiger partial charge in [-0.2, -0.15) is 0 Å². The Morgan fingerprint density at radius 1 is 0.850 bits per heavy atom. The second kappa shape index (κ2) is 18.9. The summed E-state index contributed by atoms with van der Waals surface area (Å²) < 4.78 is 5.83. The van der Waals surface area contributed by atoms with Crippen LogP contribution in [0.15, 0.2) is 79.0 Å². The Morgan fingerprint density at radius 3 is 2.22 bits per heavy atom. The van der Waals surface area contributed by atoms with Crippen LogP contribution >= 0.6 is 0 Å². The van der Waals surface area contributed by atoms with Gasteiger partial charge in [0.25, 0.3) is 5.91 Å². The molecule has 3 aliphatic rings. The third-order valence-electron chi connectivity index (χ3n) is 11.2. The van der Waals surface area contributed by atoms with Gasteiger partial charge >= 0.3 is 5.97 Å². The number of amides is 6. The van der Waals surface area contributed by atoms with E-state index in [1.807, 2.05) is 6.07 Å². The van der Waals surface area contributed by atoms with Crippen molar-refractivity contribution in [3.63, 3.8) is 0 Å². The van der Waals surface area contributed by atoms with Crippen molar-refractivity contribution in [3.8, 4) is 5.75 Å². The van der Waals surface area contributed by atoms with Crippen LogP contribution < -0.4 is 16.0 Å². The highest BCUT2D eigenvalue weighted by Crippen LogP contribution is 2.26. The fourth-order valence-corrected chi connectivity index (χ4v) is 7.88. The SMILES string of the molecule is CC[C@H]1NC(=O)[C@@H](NC(=O)c2ncccc2O)[C@H](C)OC(=O)[C@@H](c2ccccc2)NC(=O)[C@H]2CC(=O)CCN2C(=O)[C@@H](Cc2ccccc2)N(C)C(=O)[C@@H]2CCCN2C1=O. The fourth-order valence-electron chi connectivity index (χ4n) is 7.88. The summed E-state index contributed by atoms with van der Waals surface area (Å²) in [6.45, 7) is 3.03. The number of benzene rings is 2. The molecule has 7 atom stereocenters. The molecule has 0 radical (unpaired) electrons. The number of Topliss-reactive ketones (excluding diaryl/α,β-unsaturated/α-hetero) is 1. The Balaban J connectivity index is 1.43. The summed E-state index contributed by atoms with van der Waals surface area (Å²) in [5, 5.41) is 18.2. The number of nitrogens with zero attached hydrogens (tertiary/aromatic N) is 4. The number of ketones is 1. The van der Waals surface area contributed by atoms with Gasteiger partial charge in [-0.3, -0.25) is 33.6 Å². The molecule has 0 saturated carbocycles. The Bertz CT molecular complexity index is 2120. The van der Waals surface area contributed by atoms with Crippen molar-refractivity contribution in [2.75, 3.05) is 20.1 Å². The molecule has 4 N–H and O–H groups in total. The van der Waals surface area contributed by atoms with Gasteiger partial charge in [-0.25, -0.2) is 9.78 Å². The van der Waals surface area contributed by atoms with Crippen LogP contribution in [-0.4, -0.2) is 128 Å². The summed E-state index contributed by atoms with van der Waals surface area (Å²) in [6.07, 6.45) is 0.235. The van der Waals surface area contributed by atoms with E-state index >= 15 is 0 Å². The number of likely N-dealkylation sites (N-methyl/N-ethyl adjacent to an activating group) is 1. The number of carbonyl (C=O) groups excluding carboxylic acids is 8. The van der Waals surface area contributed by atoms with E-state index in [1.165, 1.54) is 47.0 Å². The summed E-state index contributed by atoms with van der Waals surface area (Å²) in [5.41, 5.74) is 0.560. The smallest absolute Gasteiger partial charge is 0.333 e. The maximum atomic E-state index is 14.8. The summed E-state index contributed by atoms with van der Waals surface area (Å²) in [6, 6.07) is 11.7. The predicted octanol–water partition coefficient (Wildman–Crippen LogP) is 1.20. The molecule has 17 heteroatoms. The first-order valence-corrected chi connectivity index (χ1v) is 20.0. The molecule has 3 saturated heterocycles. The molecular formula is C43H49N7O10. The van der Waals surface area contributed by atoms with Gasteiger partial charge in [0.2, 0.25) is 29.5 Å². The minimum Gasteiger partial charge on any atom is -0.505 e. The molecule has 0 spiro atoms. The third kappa shape index (κ3) is 9.45. The Morgan fingerprint density at radius 2 is 1.53 bits per heavy atom. The Kier molecular flexibility index (Phi) is 13.6. The molecule has 6 rings (SSSR count). The molecule has 316 valence electrons. The van der Waals surface area contributed by atoms with Crippen molar-refractivity contribution in [1.82, 2.24) is 35.6 Å². The Hall–Kier alpha value is -6.65.